The Balaban J connectivity index is 2.36. The molecule has 0 aromatic carbocycles. The zero-order valence-corrected chi connectivity index (χ0v) is 11.0. The average Bonchev–Trinajstić information content (AvgIpc) is 2.48. The summed E-state index contributed by atoms with van der Waals surface area (Å²) in [7, 11) is 0. The van der Waals surface area contributed by atoms with Crippen LogP contribution in [0, 0.1) is 0 Å². The highest BCUT2D eigenvalue weighted by molar-refractivity contribution is 7.81. The molecule has 0 radical (unpaired) electrons. The second-order valence-electron chi connectivity index (χ2n) is 4.46. The Hall–Kier alpha value is -0.520. The molecule has 1 amide bonds. The Labute approximate surface area is 108 Å². The Morgan fingerprint density at radius 3 is 2.65 bits per heavy atom. The van der Waals surface area contributed by atoms with Gasteiger partial charge in [0.1, 0.15) is 11.4 Å². The summed E-state index contributed by atoms with van der Waals surface area (Å²) in [5.74, 6) is -0.418. The molecule has 0 unspecified atom stereocenters. The highest BCUT2D eigenvalue weighted by Gasteiger charge is 2.49. The van der Waals surface area contributed by atoms with E-state index in [-0.39, 0.29) is 0 Å². The molecule has 3 atom stereocenters. The van der Waals surface area contributed by atoms with E-state index in [2.05, 4.69) is 30.9 Å². The lowest BCUT2D eigenvalue weighted by molar-refractivity contribution is -0.122. The summed E-state index contributed by atoms with van der Waals surface area (Å²) in [4.78, 5) is 11.2. The number of hydrogen-bond acceptors (Lipinski definition) is 4. The molecule has 1 aliphatic heterocycles. The van der Waals surface area contributed by atoms with E-state index in [0.29, 0.717) is 12.8 Å². The van der Waals surface area contributed by atoms with Crippen LogP contribution in [-0.2, 0) is 4.79 Å². The quantitative estimate of drug-likeness (QED) is 0.327. The van der Waals surface area contributed by atoms with Crippen molar-refractivity contribution < 1.29 is 15.0 Å². The Morgan fingerprint density at radius 2 is 2.12 bits per heavy atom. The second-order valence-corrected chi connectivity index (χ2v) is 5.01. The fourth-order valence-electron chi connectivity index (χ4n) is 1.84. The van der Waals surface area contributed by atoms with Crippen molar-refractivity contribution in [1.82, 2.24) is 5.32 Å². The van der Waals surface area contributed by atoms with Crippen LogP contribution in [0.3, 0.4) is 0 Å². The number of amides is 1. The van der Waals surface area contributed by atoms with Crippen molar-refractivity contribution in [2.75, 3.05) is 0 Å². The predicted octanol–water partition coefficient (Wildman–Crippen LogP) is 0.991. The lowest BCUT2D eigenvalue weighted by Crippen LogP contribution is -2.48. The molecule has 0 spiro atoms. The van der Waals surface area contributed by atoms with Gasteiger partial charge in [-0.25, -0.2) is 0 Å². The molecule has 1 heterocycles. The van der Waals surface area contributed by atoms with Gasteiger partial charge in [0.05, 0.1) is 0 Å². The van der Waals surface area contributed by atoms with Gasteiger partial charge in [-0.2, -0.15) is 12.6 Å². The first-order valence-electron chi connectivity index (χ1n) is 6.07. The number of rotatable bonds is 6. The van der Waals surface area contributed by atoms with Crippen molar-refractivity contribution in [2.45, 2.75) is 56.1 Å². The number of nitrogens with one attached hydrogen (secondary N) is 1. The number of thiol groups is 1. The summed E-state index contributed by atoms with van der Waals surface area (Å²) in [5.41, 5.74) is -1.53. The Bertz CT molecular complexity index is 295. The minimum atomic E-state index is -1.53. The van der Waals surface area contributed by atoms with Crippen molar-refractivity contribution in [2.24, 2.45) is 0 Å². The highest BCUT2D eigenvalue weighted by Crippen LogP contribution is 2.26. The van der Waals surface area contributed by atoms with Gasteiger partial charge in [-0.3, -0.25) is 4.79 Å². The molecular formula is C12H21NO3S. The number of aliphatic hydroxyl groups is 2. The summed E-state index contributed by atoms with van der Waals surface area (Å²) < 4.78 is 0. The number of carbonyl (C=O) groups is 1. The fourth-order valence-corrected chi connectivity index (χ4v) is 2.15. The minimum Gasteiger partial charge on any atom is -0.386 e. The Morgan fingerprint density at radius 1 is 1.47 bits per heavy atom. The normalized spacial score (nSPS) is 33.3. The van der Waals surface area contributed by atoms with Crippen LogP contribution in [0.1, 0.15) is 39.0 Å². The largest absolute Gasteiger partial charge is 0.386 e. The molecule has 4 nitrogen and oxygen atoms in total. The number of hydrogen-bond donors (Lipinski definition) is 4. The number of allylic oxidation sites excluding steroid dienone is 2. The van der Waals surface area contributed by atoms with Crippen LogP contribution in [0.25, 0.3) is 0 Å². The molecule has 1 rings (SSSR count). The van der Waals surface area contributed by atoms with Gasteiger partial charge in [0.15, 0.2) is 5.72 Å². The smallest absolute Gasteiger partial charge is 0.237 e. The summed E-state index contributed by atoms with van der Waals surface area (Å²) >= 11 is 3.95. The highest BCUT2D eigenvalue weighted by atomic mass is 32.1. The van der Waals surface area contributed by atoms with Gasteiger partial charge in [0, 0.05) is 6.42 Å². The van der Waals surface area contributed by atoms with Crippen molar-refractivity contribution in [3.63, 3.8) is 0 Å². The van der Waals surface area contributed by atoms with Gasteiger partial charge in [-0.05, 0) is 12.8 Å². The number of aliphatic hydroxyl groups excluding tert-OH is 1. The molecule has 1 fully saturated rings. The van der Waals surface area contributed by atoms with E-state index in [1.807, 2.05) is 6.08 Å². The summed E-state index contributed by atoms with van der Waals surface area (Å²) in [5, 5.41) is 21.3. The van der Waals surface area contributed by atoms with E-state index in [0.717, 1.165) is 19.3 Å². The molecule has 1 saturated heterocycles. The molecule has 0 aromatic heterocycles. The van der Waals surface area contributed by atoms with E-state index >= 15 is 0 Å². The minimum absolute atomic E-state index is 0.305. The monoisotopic (exact) mass is 259 g/mol. The van der Waals surface area contributed by atoms with Crippen LogP contribution in [-0.4, -0.2) is 33.2 Å². The topological polar surface area (TPSA) is 69.6 Å². The van der Waals surface area contributed by atoms with Crippen molar-refractivity contribution in [3.8, 4) is 0 Å². The maximum absolute atomic E-state index is 11.2. The average molecular weight is 259 g/mol. The molecule has 17 heavy (non-hydrogen) atoms. The van der Waals surface area contributed by atoms with E-state index in [1.54, 1.807) is 0 Å². The first kappa shape index (κ1) is 14.5. The summed E-state index contributed by atoms with van der Waals surface area (Å²) in [6, 6.07) is 0. The van der Waals surface area contributed by atoms with Gasteiger partial charge < -0.3 is 15.5 Å². The zero-order chi connectivity index (χ0) is 12.9. The number of carbonyl (C=O) groups excluding carboxylic acids is 1. The van der Waals surface area contributed by atoms with Crippen molar-refractivity contribution in [3.05, 3.63) is 12.2 Å². The van der Waals surface area contributed by atoms with Crippen LogP contribution in [0.15, 0.2) is 12.2 Å². The molecule has 0 saturated carbocycles. The van der Waals surface area contributed by atoms with E-state index in [1.165, 1.54) is 0 Å². The first-order valence-corrected chi connectivity index (χ1v) is 6.58. The SMILES string of the molecule is CCCC/C=C\CC[C@]1(O)NC(=O)[C@@H](S)[C@@H]1O. The molecule has 5 heteroatoms. The maximum atomic E-state index is 11.2. The molecule has 3 N–H and O–H groups in total. The third kappa shape index (κ3) is 3.72. The molecule has 0 aliphatic carbocycles. The van der Waals surface area contributed by atoms with Gasteiger partial charge in [0.2, 0.25) is 5.91 Å². The second kappa shape index (κ2) is 6.42. The third-order valence-electron chi connectivity index (χ3n) is 2.98. The van der Waals surface area contributed by atoms with Gasteiger partial charge in [-0.15, -0.1) is 0 Å². The predicted molar refractivity (Wildman–Crippen MR) is 69.8 cm³/mol. The van der Waals surface area contributed by atoms with Crippen LogP contribution in [0.5, 0.6) is 0 Å². The molecule has 0 aromatic rings. The summed E-state index contributed by atoms with van der Waals surface area (Å²) in [6.07, 6.45) is 7.15. The summed E-state index contributed by atoms with van der Waals surface area (Å²) in [6.45, 7) is 2.13. The molecule has 0 bridgehead atoms. The maximum Gasteiger partial charge on any atom is 0.237 e. The van der Waals surface area contributed by atoms with E-state index < -0.39 is 23.0 Å². The standard InChI is InChI=1S/C12H21NO3S/c1-2-3-4-5-6-7-8-12(16)10(14)9(17)11(15)13-12/h5-6,9-10,14,16-17H,2-4,7-8H2,1H3,(H,13,15)/b6-5-/t9-,10-,12+/m0/s1. The van der Waals surface area contributed by atoms with Crippen molar-refractivity contribution in [1.29, 1.82) is 0 Å². The molecular weight excluding hydrogens is 238 g/mol. The Kier molecular flexibility index (Phi) is 5.49. The van der Waals surface area contributed by atoms with Crippen LogP contribution in [0.4, 0.5) is 0 Å². The van der Waals surface area contributed by atoms with Crippen LogP contribution < -0.4 is 5.32 Å². The van der Waals surface area contributed by atoms with Crippen LogP contribution >= 0.6 is 12.6 Å². The van der Waals surface area contributed by atoms with Crippen molar-refractivity contribution >= 4 is 18.5 Å². The third-order valence-corrected chi connectivity index (χ3v) is 3.50. The van der Waals surface area contributed by atoms with E-state index in [9.17, 15) is 15.0 Å². The molecule has 1 aliphatic rings. The molecule has 98 valence electrons. The first-order chi connectivity index (χ1) is 8.01. The zero-order valence-electron chi connectivity index (χ0n) is 10.1. The number of unbranched alkanes of at least 4 members (excludes halogenated alkanes) is 2. The van der Waals surface area contributed by atoms with Crippen LogP contribution in [0.2, 0.25) is 0 Å². The van der Waals surface area contributed by atoms with Gasteiger partial charge >= 0.3 is 0 Å². The van der Waals surface area contributed by atoms with Gasteiger partial charge in [-0.1, -0.05) is 31.9 Å². The lowest BCUT2D eigenvalue weighted by Gasteiger charge is -2.26. The lowest BCUT2D eigenvalue weighted by atomic mass is 10.0. The van der Waals surface area contributed by atoms with Gasteiger partial charge in [0.25, 0.3) is 0 Å². The fraction of sp³-hybridized carbons (Fsp3) is 0.750. The van der Waals surface area contributed by atoms with E-state index in [4.69, 9.17) is 0 Å².